The van der Waals surface area contributed by atoms with Crippen LogP contribution in [0, 0.1) is 0 Å². The summed E-state index contributed by atoms with van der Waals surface area (Å²) in [5.41, 5.74) is 4.85. The number of hydrogen-bond donors (Lipinski definition) is 4. The minimum Gasteiger partial charge on any atom is -0.389 e. The number of carbonyl (C=O) groups is 1. The van der Waals surface area contributed by atoms with Crippen LogP contribution >= 0.6 is 0 Å². The molecule has 0 aromatic rings. The zero-order chi connectivity index (χ0) is 13.1. The lowest BCUT2D eigenvalue weighted by molar-refractivity contribution is -0.125. The highest BCUT2D eigenvalue weighted by atomic mass is 16.5. The Labute approximate surface area is 101 Å². The topological polar surface area (TPSA) is 114 Å². The van der Waals surface area contributed by atoms with Crippen LogP contribution in [0.5, 0.6) is 0 Å². The van der Waals surface area contributed by atoms with Gasteiger partial charge in [-0.2, -0.15) is 0 Å². The molecule has 7 heteroatoms. The Hall–Kier alpha value is -0.730. The van der Waals surface area contributed by atoms with Gasteiger partial charge in [0.15, 0.2) is 0 Å². The largest absolute Gasteiger partial charge is 0.389 e. The van der Waals surface area contributed by atoms with Crippen LogP contribution in [-0.2, 0) is 14.3 Å². The van der Waals surface area contributed by atoms with Crippen LogP contribution in [-0.4, -0.2) is 67.8 Å². The van der Waals surface area contributed by atoms with Gasteiger partial charge in [-0.1, -0.05) is 0 Å². The van der Waals surface area contributed by atoms with Gasteiger partial charge in [-0.25, -0.2) is 0 Å². The first kappa shape index (κ1) is 16.3. The molecule has 0 bridgehead atoms. The normalized spacial score (nSPS) is 14.5. The van der Waals surface area contributed by atoms with Gasteiger partial charge in [0.2, 0.25) is 5.91 Å². The third-order valence-electron chi connectivity index (χ3n) is 1.93. The molecule has 2 unspecified atom stereocenters. The van der Waals surface area contributed by atoms with E-state index in [2.05, 4.69) is 5.32 Å². The van der Waals surface area contributed by atoms with E-state index in [0.717, 1.165) is 0 Å². The zero-order valence-corrected chi connectivity index (χ0v) is 10.1. The van der Waals surface area contributed by atoms with E-state index in [9.17, 15) is 9.90 Å². The molecular formula is C10H22N2O5. The fraction of sp³-hybridized carbons (Fsp3) is 0.900. The maximum atomic E-state index is 10.5. The molecule has 5 N–H and O–H groups in total. The Balaban J connectivity index is 3.34. The van der Waals surface area contributed by atoms with Crippen molar-refractivity contribution in [3.63, 3.8) is 0 Å². The Morgan fingerprint density at radius 3 is 2.53 bits per heavy atom. The second-order valence-electron chi connectivity index (χ2n) is 3.50. The van der Waals surface area contributed by atoms with E-state index in [1.807, 2.05) is 6.92 Å². The molecule has 0 rings (SSSR count). The highest BCUT2D eigenvalue weighted by Gasteiger charge is 2.11. The highest BCUT2D eigenvalue weighted by Crippen LogP contribution is 1.86. The van der Waals surface area contributed by atoms with Crippen molar-refractivity contribution >= 4 is 5.91 Å². The standard InChI is InChI=1S/C10H22N2O5/c1-2-16-3-4-17-7-8(13)5-12-6-9(14)10(11)15/h8-9,12-14H,2-7H2,1H3,(H2,11,15). The van der Waals surface area contributed by atoms with Gasteiger partial charge in [0.25, 0.3) is 0 Å². The Morgan fingerprint density at radius 1 is 1.29 bits per heavy atom. The molecule has 17 heavy (non-hydrogen) atoms. The molecule has 0 spiro atoms. The lowest BCUT2D eigenvalue weighted by Gasteiger charge is -2.13. The molecule has 102 valence electrons. The summed E-state index contributed by atoms with van der Waals surface area (Å²) in [6.45, 7) is 3.87. The van der Waals surface area contributed by atoms with Crippen LogP contribution in [0.2, 0.25) is 0 Å². The SMILES string of the molecule is CCOCCOCC(O)CNCC(O)C(N)=O. The molecule has 0 saturated heterocycles. The van der Waals surface area contributed by atoms with Crippen LogP contribution in [0.3, 0.4) is 0 Å². The van der Waals surface area contributed by atoms with Gasteiger partial charge in [-0.05, 0) is 6.92 Å². The average Bonchev–Trinajstić information content (AvgIpc) is 2.28. The first-order chi connectivity index (χ1) is 8.07. The van der Waals surface area contributed by atoms with Gasteiger partial charge in [-0.15, -0.1) is 0 Å². The molecule has 2 atom stereocenters. The van der Waals surface area contributed by atoms with Gasteiger partial charge in [0.05, 0.1) is 25.9 Å². The summed E-state index contributed by atoms with van der Waals surface area (Å²) >= 11 is 0. The molecule has 0 aromatic heterocycles. The van der Waals surface area contributed by atoms with E-state index in [1.54, 1.807) is 0 Å². The Morgan fingerprint density at radius 2 is 1.94 bits per heavy atom. The second kappa shape index (κ2) is 10.4. The van der Waals surface area contributed by atoms with E-state index in [1.165, 1.54) is 0 Å². The lowest BCUT2D eigenvalue weighted by atomic mass is 10.3. The first-order valence-electron chi connectivity index (χ1n) is 5.59. The average molecular weight is 250 g/mol. The second-order valence-corrected chi connectivity index (χ2v) is 3.50. The number of hydrogen-bond acceptors (Lipinski definition) is 6. The fourth-order valence-corrected chi connectivity index (χ4v) is 1.03. The quantitative estimate of drug-likeness (QED) is 0.310. The van der Waals surface area contributed by atoms with E-state index in [0.29, 0.717) is 19.8 Å². The first-order valence-corrected chi connectivity index (χ1v) is 5.59. The monoisotopic (exact) mass is 250 g/mol. The Bertz CT molecular complexity index is 203. The van der Waals surface area contributed by atoms with Gasteiger partial charge in [0.1, 0.15) is 6.10 Å². The maximum Gasteiger partial charge on any atom is 0.247 e. The van der Waals surface area contributed by atoms with Crippen molar-refractivity contribution in [3.8, 4) is 0 Å². The lowest BCUT2D eigenvalue weighted by Crippen LogP contribution is -2.41. The number of amides is 1. The number of primary amides is 1. The highest BCUT2D eigenvalue weighted by molar-refractivity contribution is 5.78. The molecule has 7 nitrogen and oxygen atoms in total. The molecule has 0 fully saturated rings. The summed E-state index contributed by atoms with van der Waals surface area (Å²) in [6.07, 6.45) is -1.93. The molecule has 0 aliphatic rings. The summed E-state index contributed by atoms with van der Waals surface area (Å²) in [4.78, 5) is 10.5. The molecule has 0 aliphatic heterocycles. The summed E-state index contributed by atoms with van der Waals surface area (Å²) in [7, 11) is 0. The smallest absolute Gasteiger partial charge is 0.247 e. The predicted octanol–water partition coefficient (Wildman–Crippen LogP) is -2.16. The van der Waals surface area contributed by atoms with Gasteiger partial charge in [0, 0.05) is 19.7 Å². The summed E-state index contributed by atoms with van der Waals surface area (Å²) < 4.78 is 10.2. The minimum absolute atomic E-state index is 0.0192. The summed E-state index contributed by atoms with van der Waals surface area (Å²) in [5, 5.41) is 21.2. The van der Waals surface area contributed by atoms with E-state index >= 15 is 0 Å². The molecular weight excluding hydrogens is 228 g/mol. The van der Waals surface area contributed by atoms with Crippen molar-refractivity contribution < 1.29 is 24.5 Å². The zero-order valence-electron chi connectivity index (χ0n) is 10.1. The molecule has 0 aromatic carbocycles. The molecule has 1 amide bonds. The number of rotatable bonds is 11. The van der Waals surface area contributed by atoms with Crippen LogP contribution in [0.4, 0.5) is 0 Å². The third kappa shape index (κ3) is 10.2. The summed E-state index contributed by atoms with van der Waals surface area (Å²) in [5.74, 6) is -0.792. The summed E-state index contributed by atoms with van der Waals surface area (Å²) in [6, 6.07) is 0. The fourth-order valence-electron chi connectivity index (χ4n) is 1.03. The molecule has 0 saturated carbocycles. The predicted molar refractivity (Wildman–Crippen MR) is 61.4 cm³/mol. The number of ether oxygens (including phenoxy) is 2. The third-order valence-corrected chi connectivity index (χ3v) is 1.93. The number of aliphatic hydroxyl groups excluding tert-OH is 2. The Kier molecular flexibility index (Phi) is 9.98. The number of carbonyl (C=O) groups excluding carboxylic acids is 1. The molecule has 0 radical (unpaired) electrons. The number of aliphatic hydroxyl groups is 2. The van der Waals surface area contributed by atoms with Crippen LogP contribution in [0.25, 0.3) is 0 Å². The molecule has 0 aliphatic carbocycles. The van der Waals surface area contributed by atoms with E-state index < -0.39 is 18.1 Å². The maximum absolute atomic E-state index is 10.5. The van der Waals surface area contributed by atoms with Gasteiger partial charge >= 0.3 is 0 Å². The number of nitrogens with one attached hydrogen (secondary N) is 1. The van der Waals surface area contributed by atoms with Crippen LogP contribution < -0.4 is 11.1 Å². The van der Waals surface area contributed by atoms with Crippen molar-refractivity contribution in [3.05, 3.63) is 0 Å². The van der Waals surface area contributed by atoms with Crippen molar-refractivity contribution in [1.82, 2.24) is 5.32 Å². The van der Waals surface area contributed by atoms with Gasteiger partial charge in [-0.3, -0.25) is 4.79 Å². The van der Waals surface area contributed by atoms with Crippen LogP contribution in [0.15, 0.2) is 0 Å². The van der Waals surface area contributed by atoms with E-state index in [4.69, 9.17) is 20.3 Å². The van der Waals surface area contributed by atoms with Gasteiger partial charge < -0.3 is 30.7 Å². The van der Waals surface area contributed by atoms with Crippen molar-refractivity contribution in [2.24, 2.45) is 5.73 Å². The van der Waals surface area contributed by atoms with E-state index in [-0.39, 0.29) is 19.7 Å². The van der Waals surface area contributed by atoms with Crippen molar-refractivity contribution in [2.45, 2.75) is 19.1 Å². The van der Waals surface area contributed by atoms with Crippen molar-refractivity contribution in [1.29, 1.82) is 0 Å². The minimum atomic E-state index is -1.24. The van der Waals surface area contributed by atoms with Crippen molar-refractivity contribution in [2.75, 3.05) is 39.5 Å². The van der Waals surface area contributed by atoms with Crippen LogP contribution in [0.1, 0.15) is 6.92 Å². The molecule has 0 heterocycles. The number of nitrogens with two attached hydrogens (primary N) is 1.